The van der Waals surface area contributed by atoms with Crippen molar-refractivity contribution in [3.05, 3.63) is 17.7 Å². The Labute approximate surface area is 50.7 Å². The van der Waals surface area contributed by atoms with E-state index in [1.165, 1.54) is 0 Å². The van der Waals surface area contributed by atoms with Crippen LogP contribution in [0.5, 0.6) is 0 Å². The standard InChI is InChI=1S/C6H2F2O/c1-2-5(3-4-9)6(7)8/h1,3H. The first kappa shape index (κ1) is 7.61. The fraction of sp³-hybridized carbons (Fsp3) is 0. The Morgan fingerprint density at radius 1 is 1.56 bits per heavy atom. The van der Waals surface area contributed by atoms with E-state index in [-0.39, 0.29) is 0 Å². The molecule has 0 saturated carbocycles. The Hall–Kier alpha value is -1.39. The molecule has 0 fully saturated rings. The fourth-order valence-corrected chi connectivity index (χ4v) is 0.210. The number of hydrogen-bond donors (Lipinski definition) is 0. The van der Waals surface area contributed by atoms with Crippen LogP contribution >= 0.6 is 0 Å². The SMILES string of the molecule is C#CC(C=C=O)=C(F)F. The lowest BCUT2D eigenvalue weighted by molar-refractivity contribution is 0.418. The third-order valence-corrected chi connectivity index (χ3v) is 0.562. The summed E-state index contributed by atoms with van der Waals surface area (Å²) in [4.78, 5) is 9.44. The number of rotatable bonds is 1. The van der Waals surface area contributed by atoms with Crippen molar-refractivity contribution in [2.75, 3.05) is 0 Å². The van der Waals surface area contributed by atoms with Crippen molar-refractivity contribution in [2.45, 2.75) is 0 Å². The number of carbonyl (C=O) groups excluding carboxylic acids is 1. The molecule has 0 bridgehead atoms. The van der Waals surface area contributed by atoms with Gasteiger partial charge in [0, 0.05) is 6.08 Å². The molecular formula is C6H2F2O. The molecule has 0 saturated heterocycles. The Morgan fingerprint density at radius 3 is 2.22 bits per heavy atom. The summed E-state index contributed by atoms with van der Waals surface area (Å²) in [5, 5.41) is 0. The van der Waals surface area contributed by atoms with Crippen molar-refractivity contribution < 1.29 is 13.6 Å². The number of allylic oxidation sites excluding steroid dienone is 2. The van der Waals surface area contributed by atoms with Crippen LogP contribution in [0.4, 0.5) is 8.78 Å². The zero-order valence-electron chi connectivity index (χ0n) is 4.32. The summed E-state index contributed by atoms with van der Waals surface area (Å²) in [6, 6.07) is 0. The van der Waals surface area contributed by atoms with Gasteiger partial charge in [0.25, 0.3) is 6.08 Å². The second-order valence-electron chi connectivity index (χ2n) is 1.08. The van der Waals surface area contributed by atoms with Crippen molar-refractivity contribution in [3.8, 4) is 12.3 Å². The molecule has 0 heterocycles. The molecule has 0 spiro atoms. The molecule has 1 nitrogen and oxygen atoms in total. The average Bonchev–Trinajstić information content (AvgIpc) is 1.82. The smallest absolute Gasteiger partial charge is 0.233 e. The second-order valence-corrected chi connectivity index (χ2v) is 1.08. The first-order chi connectivity index (χ1) is 4.22. The van der Waals surface area contributed by atoms with E-state index in [0.29, 0.717) is 6.08 Å². The van der Waals surface area contributed by atoms with Crippen LogP contribution < -0.4 is 0 Å². The molecular weight excluding hydrogens is 126 g/mol. The highest BCUT2D eigenvalue weighted by atomic mass is 19.3. The third-order valence-electron chi connectivity index (χ3n) is 0.562. The summed E-state index contributed by atoms with van der Waals surface area (Å²) in [6.45, 7) is 0. The molecule has 3 heteroatoms. The van der Waals surface area contributed by atoms with Crippen LogP contribution in [0.25, 0.3) is 0 Å². The minimum absolute atomic E-state index is 0.509. The number of terminal acetylenes is 1. The van der Waals surface area contributed by atoms with Crippen LogP contribution in [0.15, 0.2) is 17.7 Å². The number of halogens is 2. The van der Waals surface area contributed by atoms with Gasteiger partial charge in [-0.15, -0.1) is 6.42 Å². The minimum atomic E-state index is -2.04. The van der Waals surface area contributed by atoms with E-state index in [9.17, 15) is 13.6 Å². The molecule has 0 atom stereocenters. The van der Waals surface area contributed by atoms with Gasteiger partial charge in [-0.1, -0.05) is 5.92 Å². The monoisotopic (exact) mass is 128 g/mol. The maximum atomic E-state index is 11.4. The zero-order chi connectivity index (χ0) is 7.28. The predicted octanol–water partition coefficient (Wildman–Crippen LogP) is 1.16. The lowest BCUT2D eigenvalue weighted by Gasteiger charge is -1.79. The molecule has 0 aliphatic rings. The van der Waals surface area contributed by atoms with Gasteiger partial charge in [-0.05, 0) is 0 Å². The average molecular weight is 128 g/mol. The maximum Gasteiger partial charge on any atom is 0.286 e. The lowest BCUT2D eigenvalue weighted by atomic mass is 10.3. The second kappa shape index (κ2) is 3.59. The van der Waals surface area contributed by atoms with Gasteiger partial charge in [0.1, 0.15) is 11.5 Å². The van der Waals surface area contributed by atoms with Crippen molar-refractivity contribution in [1.82, 2.24) is 0 Å². The molecule has 0 aromatic heterocycles. The minimum Gasteiger partial charge on any atom is -0.233 e. The fourth-order valence-electron chi connectivity index (χ4n) is 0.210. The van der Waals surface area contributed by atoms with Gasteiger partial charge in [-0.25, -0.2) is 4.79 Å². The molecule has 0 aromatic carbocycles. The molecule has 0 amide bonds. The number of hydrogen-bond acceptors (Lipinski definition) is 1. The summed E-state index contributed by atoms with van der Waals surface area (Å²) < 4.78 is 22.8. The summed E-state index contributed by atoms with van der Waals surface area (Å²) >= 11 is 0. The molecule has 9 heavy (non-hydrogen) atoms. The van der Waals surface area contributed by atoms with Gasteiger partial charge in [0.2, 0.25) is 0 Å². The van der Waals surface area contributed by atoms with Gasteiger partial charge in [0.15, 0.2) is 0 Å². The van der Waals surface area contributed by atoms with Crippen molar-refractivity contribution in [2.24, 2.45) is 0 Å². The molecule has 0 aliphatic heterocycles. The van der Waals surface area contributed by atoms with E-state index < -0.39 is 11.7 Å². The third kappa shape index (κ3) is 2.43. The maximum absolute atomic E-state index is 11.4. The van der Waals surface area contributed by atoms with Crippen LogP contribution in [-0.4, -0.2) is 5.94 Å². The molecule has 0 rings (SSSR count). The van der Waals surface area contributed by atoms with Gasteiger partial charge in [0.05, 0.1) is 0 Å². The predicted molar refractivity (Wildman–Crippen MR) is 28.3 cm³/mol. The van der Waals surface area contributed by atoms with Crippen molar-refractivity contribution in [3.63, 3.8) is 0 Å². The van der Waals surface area contributed by atoms with E-state index >= 15 is 0 Å². The van der Waals surface area contributed by atoms with E-state index in [4.69, 9.17) is 0 Å². The molecule has 0 N–H and O–H groups in total. The van der Waals surface area contributed by atoms with Crippen LogP contribution in [0.1, 0.15) is 0 Å². The van der Waals surface area contributed by atoms with Gasteiger partial charge in [-0.3, -0.25) is 0 Å². The first-order valence-electron chi connectivity index (χ1n) is 1.95. The Balaban J connectivity index is 4.61. The highest BCUT2D eigenvalue weighted by Crippen LogP contribution is 2.05. The Morgan fingerprint density at radius 2 is 2.11 bits per heavy atom. The topological polar surface area (TPSA) is 17.1 Å². The van der Waals surface area contributed by atoms with Gasteiger partial charge < -0.3 is 0 Å². The van der Waals surface area contributed by atoms with Crippen LogP contribution in [-0.2, 0) is 4.79 Å². The van der Waals surface area contributed by atoms with Crippen LogP contribution in [0.2, 0.25) is 0 Å². The van der Waals surface area contributed by atoms with Crippen molar-refractivity contribution in [1.29, 1.82) is 0 Å². The highest BCUT2D eigenvalue weighted by Gasteiger charge is 1.96. The van der Waals surface area contributed by atoms with Gasteiger partial charge >= 0.3 is 0 Å². The molecule has 0 aliphatic carbocycles. The lowest BCUT2D eigenvalue weighted by Crippen LogP contribution is -1.72. The van der Waals surface area contributed by atoms with Gasteiger partial charge in [-0.2, -0.15) is 8.78 Å². The molecule has 0 radical (unpaired) electrons. The summed E-state index contributed by atoms with van der Waals surface area (Å²) in [6.07, 6.45) is 3.03. The Kier molecular flexibility index (Phi) is 3.04. The quantitative estimate of drug-likeness (QED) is 0.294. The summed E-state index contributed by atoms with van der Waals surface area (Å²) in [5.74, 6) is 2.76. The van der Waals surface area contributed by atoms with E-state index in [0.717, 1.165) is 5.94 Å². The summed E-state index contributed by atoms with van der Waals surface area (Å²) in [7, 11) is 0. The Bertz CT molecular complexity index is 212. The van der Waals surface area contributed by atoms with E-state index in [1.54, 1.807) is 5.92 Å². The van der Waals surface area contributed by atoms with Crippen molar-refractivity contribution >= 4 is 5.94 Å². The van der Waals surface area contributed by atoms with Crippen LogP contribution in [0, 0.1) is 12.3 Å². The van der Waals surface area contributed by atoms with Crippen LogP contribution in [0.3, 0.4) is 0 Å². The molecule has 0 unspecified atom stereocenters. The normalized spacial score (nSPS) is 6.78. The van der Waals surface area contributed by atoms with E-state index in [1.807, 2.05) is 0 Å². The molecule has 46 valence electrons. The molecule has 0 aromatic rings. The van der Waals surface area contributed by atoms with E-state index in [2.05, 4.69) is 6.42 Å². The summed E-state index contributed by atoms with van der Waals surface area (Å²) in [5.41, 5.74) is -0.718. The highest BCUT2D eigenvalue weighted by molar-refractivity contribution is 5.56. The zero-order valence-corrected chi connectivity index (χ0v) is 4.32. The first-order valence-corrected chi connectivity index (χ1v) is 1.95. The largest absolute Gasteiger partial charge is 0.286 e.